The van der Waals surface area contributed by atoms with Crippen molar-refractivity contribution in [3.05, 3.63) is 69.4 Å². The van der Waals surface area contributed by atoms with Gasteiger partial charge in [-0.05, 0) is 52.9 Å². The van der Waals surface area contributed by atoms with Gasteiger partial charge >= 0.3 is 0 Å². The van der Waals surface area contributed by atoms with E-state index in [2.05, 4.69) is 27.6 Å². The summed E-state index contributed by atoms with van der Waals surface area (Å²) in [5, 5.41) is 0.973. The van der Waals surface area contributed by atoms with Crippen LogP contribution in [0.5, 0.6) is 0 Å². The molecule has 3 rings (SSSR count). The molecule has 0 fully saturated rings. The van der Waals surface area contributed by atoms with E-state index in [1.54, 1.807) is 6.20 Å². The molecular weight excluding hydrogens is 337 g/mol. The molecule has 0 aliphatic rings. The minimum Gasteiger partial charge on any atom is -0.360 e. The van der Waals surface area contributed by atoms with Gasteiger partial charge in [-0.2, -0.15) is 0 Å². The highest BCUT2D eigenvalue weighted by molar-refractivity contribution is 14.1. The van der Waals surface area contributed by atoms with Crippen molar-refractivity contribution in [3.63, 3.8) is 0 Å². The van der Waals surface area contributed by atoms with Gasteiger partial charge in [-0.1, -0.05) is 18.2 Å². The molecule has 0 amide bonds. The zero-order valence-electron chi connectivity index (χ0n) is 9.48. The summed E-state index contributed by atoms with van der Waals surface area (Å²) >= 11 is 2.23. The highest BCUT2D eigenvalue weighted by atomic mass is 127. The van der Waals surface area contributed by atoms with Crippen LogP contribution in [0.3, 0.4) is 0 Å². The number of halogens is 1. The Bertz CT molecular complexity index is 713. The largest absolute Gasteiger partial charge is 0.360 e. The van der Waals surface area contributed by atoms with Crippen molar-refractivity contribution < 1.29 is 4.79 Å². The third-order valence-corrected chi connectivity index (χ3v) is 3.66. The summed E-state index contributed by atoms with van der Waals surface area (Å²) in [6.07, 6.45) is 1.78. The molecule has 0 bridgehead atoms. The Morgan fingerprint density at radius 3 is 2.50 bits per heavy atom. The molecule has 0 unspecified atom stereocenters. The van der Waals surface area contributed by atoms with Crippen LogP contribution in [-0.2, 0) is 0 Å². The van der Waals surface area contributed by atoms with Gasteiger partial charge < -0.3 is 4.98 Å². The number of H-pyrrole nitrogens is 1. The van der Waals surface area contributed by atoms with E-state index in [1.165, 1.54) is 0 Å². The standard InChI is InChI=1S/C15H10INO/c16-11-7-5-10(6-8-11)15(18)13-9-17-14-4-2-1-3-12(13)14/h1-9,17H. The van der Waals surface area contributed by atoms with Gasteiger partial charge in [-0.25, -0.2) is 0 Å². The Morgan fingerprint density at radius 1 is 1.00 bits per heavy atom. The fraction of sp³-hybridized carbons (Fsp3) is 0. The molecule has 0 atom stereocenters. The van der Waals surface area contributed by atoms with Gasteiger partial charge in [0, 0.05) is 31.8 Å². The molecule has 0 aliphatic carbocycles. The first-order valence-corrected chi connectivity index (χ1v) is 6.70. The Labute approximate surface area is 118 Å². The topological polar surface area (TPSA) is 32.9 Å². The molecule has 3 heteroatoms. The zero-order valence-corrected chi connectivity index (χ0v) is 11.6. The number of fused-ring (bicyclic) bond motifs is 1. The summed E-state index contributed by atoms with van der Waals surface area (Å²) in [4.78, 5) is 15.5. The number of ketones is 1. The van der Waals surface area contributed by atoms with E-state index in [4.69, 9.17) is 0 Å². The average molecular weight is 347 g/mol. The summed E-state index contributed by atoms with van der Waals surface area (Å²) in [5.41, 5.74) is 2.44. The second-order valence-electron chi connectivity index (χ2n) is 4.08. The third-order valence-electron chi connectivity index (χ3n) is 2.94. The minimum absolute atomic E-state index is 0.0591. The maximum absolute atomic E-state index is 12.4. The van der Waals surface area contributed by atoms with E-state index in [9.17, 15) is 4.79 Å². The zero-order chi connectivity index (χ0) is 12.5. The summed E-state index contributed by atoms with van der Waals surface area (Å²) < 4.78 is 1.13. The Hall–Kier alpha value is -1.62. The van der Waals surface area contributed by atoms with Crippen LogP contribution >= 0.6 is 22.6 Å². The molecule has 18 heavy (non-hydrogen) atoms. The summed E-state index contributed by atoms with van der Waals surface area (Å²) in [6, 6.07) is 15.5. The van der Waals surface area contributed by atoms with Crippen molar-refractivity contribution in [2.75, 3.05) is 0 Å². The van der Waals surface area contributed by atoms with Crippen molar-refractivity contribution >= 4 is 39.3 Å². The first kappa shape index (κ1) is 11.5. The molecule has 0 saturated carbocycles. The first-order valence-electron chi connectivity index (χ1n) is 5.62. The van der Waals surface area contributed by atoms with Crippen molar-refractivity contribution in [2.45, 2.75) is 0 Å². The molecule has 2 aromatic carbocycles. The van der Waals surface area contributed by atoms with Gasteiger partial charge in [0.2, 0.25) is 0 Å². The smallest absolute Gasteiger partial charge is 0.195 e. The van der Waals surface area contributed by atoms with Crippen molar-refractivity contribution in [1.82, 2.24) is 4.98 Å². The van der Waals surface area contributed by atoms with E-state index >= 15 is 0 Å². The van der Waals surface area contributed by atoms with Crippen molar-refractivity contribution in [3.8, 4) is 0 Å². The monoisotopic (exact) mass is 347 g/mol. The van der Waals surface area contributed by atoms with Crippen LogP contribution in [0.15, 0.2) is 54.7 Å². The molecule has 0 saturated heterocycles. The minimum atomic E-state index is 0.0591. The second-order valence-corrected chi connectivity index (χ2v) is 5.33. The molecule has 1 heterocycles. The lowest BCUT2D eigenvalue weighted by Crippen LogP contribution is -1.99. The van der Waals surface area contributed by atoms with Crippen LogP contribution in [0.1, 0.15) is 15.9 Å². The Balaban J connectivity index is 2.09. The van der Waals surface area contributed by atoms with Crippen LogP contribution in [0.4, 0.5) is 0 Å². The lowest BCUT2D eigenvalue weighted by Gasteiger charge is -2.00. The summed E-state index contributed by atoms with van der Waals surface area (Å²) in [7, 11) is 0. The number of carbonyl (C=O) groups is 1. The van der Waals surface area contributed by atoms with E-state index in [0.717, 1.165) is 25.6 Å². The normalized spacial score (nSPS) is 10.7. The molecule has 2 nitrogen and oxygen atoms in total. The molecule has 3 aromatic rings. The fourth-order valence-electron chi connectivity index (χ4n) is 2.02. The van der Waals surface area contributed by atoms with Crippen LogP contribution in [0, 0.1) is 3.57 Å². The van der Waals surface area contributed by atoms with Crippen LogP contribution in [0.25, 0.3) is 10.9 Å². The molecule has 0 aliphatic heterocycles. The van der Waals surface area contributed by atoms with Crippen LogP contribution < -0.4 is 0 Å². The van der Waals surface area contributed by atoms with E-state index in [1.807, 2.05) is 48.5 Å². The average Bonchev–Trinajstić information content (AvgIpc) is 2.82. The van der Waals surface area contributed by atoms with E-state index < -0.39 is 0 Å². The molecule has 0 spiro atoms. The number of aromatic nitrogens is 1. The number of carbonyl (C=O) groups excluding carboxylic acids is 1. The van der Waals surface area contributed by atoms with Gasteiger partial charge in [0.25, 0.3) is 0 Å². The predicted octanol–water partition coefficient (Wildman–Crippen LogP) is 4.00. The van der Waals surface area contributed by atoms with Gasteiger partial charge in [-0.15, -0.1) is 0 Å². The highest BCUT2D eigenvalue weighted by Crippen LogP contribution is 2.21. The lowest BCUT2D eigenvalue weighted by molar-refractivity contribution is 0.104. The quantitative estimate of drug-likeness (QED) is 0.552. The third kappa shape index (κ3) is 1.95. The summed E-state index contributed by atoms with van der Waals surface area (Å²) in [6.45, 7) is 0. The van der Waals surface area contributed by atoms with Gasteiger partial charge in [0.15, 0.2) is 5.78 Å². The maximum Gasteiger partial charge on any atom is 0.195 e. The lowest BCUT2D eigenvalue weighted by atomic mass is 10.0. The van der Waals surface area contributed by atoms with Gasteiger partial charge in [0.05, 0.1) is 0 Å². The number of nitrogens with one attached hydrogen (secondary N) is 1. The Kier molecular flexibility index (Phi) is 2.91. The molecule has 1 aromatic heterocycles. The number of para-hydroxylation sites is 1. The molecular formula is C15H10INO. The van der Waals surface area contributed by atoms with Crippen molar-refractivity contribution in [2.24, 2.45) is 0 Å². The number of benzene rings is 2. The molecule has 88 valence electrons. The van der Waals surface area contributed by atoms with E-state index in [0.29, 0.717) is 0 Å². The molecule has 0 radical (unpaired) electrons. The van der Waals surface area contributed by atoms with E-state index in [-0.39, 0.29) is 5.78 Å². The number of rotatable bonds is 2. The molecule has 1 N–H and O–H groups in total. The van der Waals surface area contributed by atoms with Crippen LogP contribution in [-0.4, -0.2) is 10.8 Å². The second kappa shape index (κ2) is 4.57. The SMILES string of the molecule is O=C(c1ccc(I)cc1)c1c[nH]c2ccccc12. The highest BCUT2D eigenvalue weighted by Gasteiger charge is 2.13. The first-order chi connectivity index (χ1) is 8.75. The van der Waals surface area contributed by atoms with Gasteiger partial charge in [-0.3, -0.25) is 4.79 Å². The van der Waals surface area contributed by atoms with Gasteiger partial charge in [0.1, 0.15) is 0 Å². The number of hydrogen-bond donors (Lipinski definition) is 1. The van der Waals surface area contributed by atoms with Crippen molar-refractivity contribution in [1.29, 1.82) is 0 Å². The fourth-order valence-corrected chi connectivity index (χ4v) is 2.38. The number of aromatic amines is 1. The summed E-state index contributed by atoms with van der Waals surface area (Å²) in [5.74, 6) is 0.0591. The maximum atomic E-state index is 12.4. The number of hydrogen-bond acceptors (Lipinski definition) is 1. The van der Waals surface area contributed by atoms with Crippen LogP contribution in [0.2, 0.25) is 0 Å². The predicted molar refractivity (Wildman–Crippen MR) is 80.9 cm³/mol. The Morgan fingerprint density at radius 2 is 1.72 bits per heavy atom.